The van der Waals surface area contributed by atoms with Crippen LogP contribution in [0.15, 0.2) is 18.2 Å². The highest BCUT2D eigenvalue weighted by Crippen LogP contribution is 2.19. The molecule has 100 valence electrons. The molecule has 1 aromatic carbocycles. The van der Waals surface area contributed by atoms with Gasteiger partial charge in [0.25, 0.3) is 5.91 Å². The number of hydrogen-bond acceptors (Lipinski definition) is 4. The van der Waals surface area contributed by atoms with Gasteiger partial charge in [-0.05, 0) is 25.5 Å². The molecule has 4 N–H and O–H groups in total. The number of nitrogens with one attached hydrogen (secondary N) is 1. The van der Waals surface area contributed by atoms with Gasteiger partial charge in [-0.1, -0.05) is 6.92 Å². The van der Waals surface area contributed by atoms with E-state index in [1.165, 1.54) is 0 Å². The molecule has 0 spiro atoms. The van der Waals surface area contributed by atoms with Gasteiger partial charge in [-0.15, -0.1) is 0 Å². The summed E-state index contributed by atoms with van der Waals surface area (Å²) in [5, 5.41) is 11.8. The minimum absolute atomic E-state index is 0.0805. The number of carbonyl (C=O) groups excluding carboxylic acids is 1. The third-order valence-electron chi connectivity index (χ3n) is 2.55. The molecule has 1 atom stereocenters. The molecule has 0 aromatic heterocycles. The molecule has 0 aliphatic carbocycles. The van der Waals surface area contributed by atoms with Gasteiger partial charge in [0.2, 0.25) is 0 Å². The quantitative estimate of drug-likeness (QED) is 0.663. The van der Waals surface area contributed by atoms with Crippen molar-refractivity contribution in [3.05, 3.63) is 23.8 Å². The molecule has 0 aliphatic rings. The number of aliphatic hydroxyl groups is 1. The van der Waals surface area contributed by atoms with Crippen LogP contribution in [0.3, 0.4) is 0 Å². The van der Waals surface area contributed by atoms with E-state index in [0.29, 0.717) is 30.0 Å². The van der Waals surface area contributed by atoms with Gasteiger partial charge in [0.15, 0.2) is 0 Å². The minimum Gasteiger partial charge on any atom is -0.494 e. The van der Waals surface area contributed by atoms with E-state index in [4.69, 9.17) is 15.6 Å². The summed E-state index contributed by atoms with van der Waals surface area (Å²) >= 11 is 0. The maximum Gasteiger partial charge on any atom is 0.251 e. The lowest BCUT2D eigenvalue weighted by atomic mass is 10.1. The molecule has 1 unspecified atom stereocenters. The summed E-state index contributed by atoms with van der Waals surface area (Å²) in [4.78, 5) is 11.9. The fraction of sp³-hybridized carbons (Fsp3) is 0.462. The first-order chi connectivity index (χ1) is 8.60. The van der Waals surface area contributed by atoms with Crippen molar-refractivity contribution >= 4 is 11.6 Å². The lowest BCUT2D eigenvalue weighted by molar-refractivity contribution is 0.0914. The van der Waals surface area contributed by atoms with Crippen LogP contribution in [0, 0.1) is 0 Å². The SMILES string of the molecule is CCOc1cc(N)cc(C(=O)NC(CC)CO)c1. The highest BCUT2D eigenvalue weighted by Gasteiger charge is 2.12. The molecule has 0 bridgehead atoms. The summed E-state index contributed by atoms with van der Waals surface area (Å²) in [5.74, 6) is 0.309. The van der Waals surface area contributed by atoms with Crippen molar-refractivity contribution < 1.29 is 14.6 Å². The van der Waals surface area contributed by atoms with E-state index in [1.54, 1.807) is 18.2 Å². The second-order valence-electron chi connectivity index (χ2n) is 3.98. The van der Waals surface area contributed by atoms with Gasteiger partial charge < -0.3 is 20.9 Å². The second-order valence-corrected chi connectivity index (χ2v) is 3.98. The molecular weight excluding hydrogens is 232 g/mol. The van der Waals surface area contributed by atoms with Gasteiger partial charge in [0, 0.05) is 17.3 Å². The number of amides is 1. The summed E-state index contributed by atoms with van der Waals surface area (Å²) < 4.78 is 5.33. The Bertz CT molecular complexity index is 403. The van der Waals surface area contributed by atoms with Gasteiger partial charge in [-0.2, -0.15) is 0 Å². The van der Waals surface area contributed by atoms with Crippen LogP contribution >= 0.6 is 0 Å². The molecule has 18 heavy (non-hydrogen) atoms. The molecule has 0 saturated carbocycles. The van der Waals surface area contributed by atoms with Crippen molar-refractivity contribution in [1.29, 1.82) is 0 Å². The Labute approximate surface area is 107 Å². The van der Waals surface area contributed by atoms with Crippen molar-refractivity contribution in [1.82, 2.24) is 5.32 Å². The number of hydrogen-bond donors (Lipinski definition) is 3. The summed E-state index contributed by atoms with van der Waals surface area (Å²) in [6, 6.07) is 4.65. The van der Waals surface area contributed by atoms with Crippen LogP contribution < -0.4 is 15.8 Å². The topological polar surface area (TPSA) is 84.6 Å². The zero-order chi connectivity index (χ0) is 13.5. The fourth-order valence-corrected chi connectivity index (χ4v) is 1.55. The minimum atomic E-state index is -0.260. The van der Waals surface area contributed by atoms with Crippen molar-refractivity contribution in [2.75, 3.05) is 18.9 Å². The number of carbonyl (C=O) groups is 1. The number of benzene rings is 1. The zero-order valence-corrected chi connectivity index (χ0v) is 10.8. The molecule has 1 rings (SSSR count). The smallest absolute Gasteiger partial charge is 0.251 e. The molecule has 0 aliphatic heterocycles. The van der Waals surface area contributed by atoms with Crippen LogP contribution in [0.5, 0.6) is 5.75 Å². The number of nitrogen functional groups attached to an aromatic ring is 1. The number of aliphatic hydroxyl groups excluding tert-OH is 1. The molecular formula is C13H20N2O3. The van der Waals surface area contributed by atoms with Crippen LogP contribution in [0.4, 0.5) is 5.69 Å². The molecule has 0 fully saturated rings. The first kappa shape index (κ1) is 14.3. The third-order valence-corrected chi connectivity index (χ3v) is 2.55. The normalized spacial score (nSPS) is 11.9. The van der Waals surface area contributed by atoms with E-state index < -0.39 is 0 Å². The molecule has 0 heterocycles. The summed E-state index contributed by atoms with van der Waals surface area (Å²) in [6.45, 7) is 4.19. The molecule has 5 heteroatoms. The number of anilines is 1. The molecule has 1 amide bonds. The Morgan fingerprint density at radius 2 is 2.17 bits per heavy atom. The Hall–Kier alpha value is -1.75. The van der Waals surface area contributed by atoms with Crippen molar-refractivity contribution in [2.24, 2.45) is 0 Å². The molecule has 0 radical (unpaired) electrons. The van der Waals surface area contributed by atoms with E-state index >= 15 is 0 Å². The van der Waals surface area contributed by atoms with E-state index in [0.717, 1.165) is 0 Å². The summed E-state index contributed by atoms with van der Waals surface area (Å²) in [7, 11) is 0. The largest absolute Gasteiger partial charge is 0.494 e. The van der Waals surface area contributed by atoms with Crippen molar-refractivity contribution in [3.63, 3.8) is 0 Å². The first-order valence-corrected chi connectivity index (χ1v) is 6.05. The number of ether oxygens (including phenoxy) is 1. The summed E-state index contributed by atoms with van der Waals surface area (Å²) in [5.41, 5.74) is 6.62. The monoisotopic (exact) mass is 252 g/mol. The standard InChI is InChI=1S/C13H20N2O3/c1-3-11(8-16)15-13(17)9-5-10(14)7-12(6-9)18-4-2/h5-7,11,16H,3-4,8,14H2,1-2H3,(H,15,17). The van der Waals surface area contributed by atoms with Crippen LogP contribution in [-0.4, -0.2) is 30.3 Å². The van der Waals surface area contributed by atoms with Crippen LogP contribution in [0.1, 0.15) is 30.6 Å². The molecule has 5 nitrogen and oxygen atoms in total. The Morgan fingerprint density at radius 3 is 2.72 bits per heavy atom. The second kappa shape index (κ2) is 6.86. The van der Waals surface area contributed by atoms with E-state index in [2.05, 4.69) is 5.32 Å². The van der Waals surface area contributed by atoms with E-state index in [1.807, 2.05) is 13.8 Å². The highest BCUT2D eigenvalue weighted by molar-refractivity contribution is 5.95. The lowest BCUT2D eigenvalue weighted by Gasteiger charge is -2.14. The van der Waals surface area contributed by atoms with Crippen molar-refractivity contribution in [3.8, 4) is 5.75 Å². The predicted octanol–water partition coefficient (Wildman–Crippen LogP) is 1.17. The van der Waals surface area contributed by atoms with Crippen LogP contribution in [-0.2, 0) is 0 Å². The average molecular weight is 252 g/mol. The van der Waals surface area contributed by atoms with Crippen LogP contribution in [0.25, 0.3) is 0 Å². The zero-order valence-electron chi connectivity index (χ0n) is 10.8. The van der Waals surface area contributed by atoms with E-state index in [-0.39, 0.29) is 18.6 Å². The average Bonchev–Trinajstić information content (AvgIpc) is 2.35. The van der Waals surface area contributed by atoms with Gasteiger partial charge in [0.05, 0.1) is 19.3 Å². The maximum atomic E-state index is 11.9. The maximum absolute atomic E-state index is 11.9. The van der Waals surface area contributed by atoms with Gasteiger partial charge in [-0.3, -0.25) is 4.79 Å². The lowest BCUT2D eigenvalue weighted by Crippen LogP contribution is -2.36. The van der Waals surface area contributed by atoms with Gasteiger partial charge in [0.1, 0.15) is 5.75 Å². The Balaban J connectivity index is 2.84. The molecule has 1 aromatic rings. The highest BCUT2D eigenvalue weighted by atomic mass is 16.5. The third kappa shape index (κ3) is 3.92. The Morgan fingerprint density at radius 1 is 1.44 bits per heavy atom. The Kier molecular flexibility index (Phi) is 5.45. The first-order valence-electron chi connectivity index (χ1n) is 6.05. The van der Waals surface area contributed by atoms with Crippen LogP contribution in [0.2, 0.25) is 0 Å². The van der Waals surface area contributed by atoms with Gasteiger partial charge in [-0.25, -0.2) is 0 Å². The number of rotatable bonds is 6. The fourth-order valence-electron chi connectivity index (χ4n) is 1.55. The van der Waals surface area contributed by atoms with Gasteiger partial charge >= 0.3 is 0 Å². The summed E-state index contributed by atoms with van der Waals surface area (Å²) in [6.07, 6.45) is 0.670. The number of nitrogens with two attached hydrogens (primary N) is 1. The predicted molar refractivity (Wildman–Crippen MR) is 70.7 cm³/mol. The molecule has 0 saturated heterocycles. The van der Waals surface area contributed by atoms with Crippen molar-refractivity contribution in [2.45, 2.75) is 26.3 Å². The van der Waals surface area contributed by atoms with E-state index in [9.17, 15) is 4.79 Å².